The SMILES string of the molecule is CCC(=O)C(C)c1ccccc1Br. The molecule has 0 bridgehead atoms. The minimum Gasteiger partial charge on any atom is -0.299 e. The summed E-state index contributed by atoms with van der Waals surface area (Å²) in [7, 11) is 0. The van der Waals surface area contributed by atoms with Crippen molar-refractivity contribution in [2.75, 3.05) is 0 Å². The van der Waals surface area contributed by atoms with Crippen molar-refractivity contribution < 1.29 is 4.79 Å². The summed E-state index contributed by atoms with van der Waals surface area (Å²) in [4.78, 5) is 11.4. The molecule has 1 rings (SSSR count). The van der Waals surface area contributed by atoms with Crippen LogP contribution in [0, 0.1) is 0 Å². The van der Waals surface area contributed by atoms with Gasteiger partial charge in [0, 0.05) is 16.8 Å². The van der Waals surface area contributed by atoms with E-state index in [1.165, 1.54) is 0 Å². The second-order valence-corrected chi connectivity index (χ2v) is 3.92. The Hall–Kier alpha value is -0.630. The molecule has 1 unspecified atom stereocenters. The Labute approximate surface area is 87.3 Å². The van der Waals surface area contributed by atoms with Crippen LogP contribution < -0.4 is 0 Å². The third kappa shape index (κ3) is 2.41. The van der Waals surface area contributed by atoms with Crippen LogP contribution in [0.25, 0.3) is 0 Å². The molecular weight excluding hydrogens is 228 g/mol. The highest BCUT2D eigenvalue weighted by Crippen LogP contribution is 2.25. The lowest BCUT2D eigenvalue weighted by Gasteiger charge is -2.10. The molecule has 1 aromatic rings. The summed E-state index contributed by atoms with van der Waals surface area (Å²) in [6.07, 6.45) is 0.600. The van der Waals surface area contributed by atoms with Crippen LogP contribution in [-0.2, 0) is 4.79 Å². The Bertz CT molecular complexity index is 307. The molecule has 0 N–H and O–H groups in total. The summed E-state index contributed by atoms with van der Waals surface area (Å²) in [5, 5.41) is 0. The van der Waals surface area contributed by atoms with E-state index >= 15 is 0 Å². The molecule has 0 amide bonds. The van der Waals surface area contributed by atoms with E-state index in [1.54, 1.807) is 0 Å². The summed E-state index contributed by atoms with van der Waals surface area (Å²) in [6.45, 7) is 3.85. The lowest BCUT2D eigenvalue weighted by molar-refractivity contribution is -0.119. The van der Waals surface area contributed by atoms with Crippen molar-refractivity contribution in [1.29, 1.82) is 0 Å². The number of carbonyl (C=O) groups is 1. The van der Waals surface area contributed by atoms with E-state index in [-0.39, 0.29) is 11.7 Å². The van der Waals surface area contributed by atoms with E-state index < -0.39 is 0 Å². The molecule has 0 saturated heterocycles. The molecule has 1 atom stereocenters. The minimum absolute atomic E-state index is 0.000532. The van der Waals surface area contributed by atoms with Crippen LogP contribution >= 0.6 is 15.9 Å². The molecule has 0 heterocycles. The molecule has 1 aromatic carbocycles. The fraction of sp³-hybridized carbons (Fsp3) is 0.364. The van der Waals surface area contributed by atoms with E-state index in [0.29, 0.717) is 6.42 Å². The monoisotopic (exact) mass is 240 g/mol. The number of ketones is 1. The van der Waals surface area contributed by atoms with Gasteiger partial charge >= 0.3 is 0 Å². The lowest BCUT2D eigenvalue weighted by atomic mass is 9.95. The normalized spacial score (nSPS) is 12.5. The largest absolute Gasteiger partial charge is 0.299 e. The second kappa shape index (κ2) is 4.56. The van der Waals surface area contributed by atoms with Gasteiger partial charge in [-0.1, -0.05) is 48.0 Å². The summed E-state index contributed by atoms with van der Waals surface area (Å²) in [5.41, 5.74) is 1.08. The second-order valence-electron chi connectivity index (χ2n) is 3.06. The first kappa shape index (κ1) is 10.5. The summed E-state index contributed by atoms with van der Waals surface area (Å²) >= 11 is 3.44. The maximum absolute atomic E-state index is 11.4. The maximum Gasteiger partial charge on any atom is 0.139 e. The molecule has 13 heavy (non-hydrogen) atoms. The van der Waals surface area contributed by atoms with E-state index in [2.05, 4.69) is 15.9 Å². The van der Waals surface area contributed by atoms with Gasteiger partial charge in [0.05, 0.1) is 0 Å². The quantitative estimate of drug-likeness (QED) is 0.791. The highest BCUT2D eigenvalue weighted by molar-refractivity contribution is 9.10. The van der Waals surface area contributed by atoms with Gasteiger partial charge in [-0.3, -0.25) is 4.79 Å². The topological polar surface area (TPSA) is 17.1 Å². The molecule has 0 saturated carbocycles. The highest BCUT2D eigenvalue weighted by Gasteiger charge is 2.14. The van der Waals surface area contributed by atoms with Gasteiger partial charge in [-0.25, -0.2) is 0 Å². The van der Waals surface area contributed by atoms with Crippen LogP contribution in [0.3, 0.4) is 0 Å². The smallest absolute Gasteiger partial charge is 0.139 e. The number of Topliss-reactive ketones (excluding diaryl/α,β-unsaturated/α-hetero) is 1. The Morgan fingerprint density at radius 2 is 2.08 bits per heavy atom. The number of benzene rings is 1. The standard InChI is InChI=1S/C11H13BrO/c1-3-11(13)8(2)9-6-4-5-7-10(9)12/h4-8H,3H2,1-2H3. The maximum atomic E-state index is 11.4. The summed E-state index contributed by atoms with van der Waals surface area (Å²) in [6, 6.07) is 7.87. The van der Waals surface area contributed by atoms with Gasteiger partial charge in [-0.2, -0.15) is 0 Å². The van der Waals surface area contributed by atoms with Crippen molar-refractivity contribution in [3.63, 3.8) is 0 Å². The minimum atomic E-state index is 0.000532. The van der Waals surface area contributed by atoms with Crippen molar-refractivity contribution in [1.82, 2.24) is 0 Å². The van der Waals surface area contributed by atoms with Crippen molar-refractivity contribution in [3.05, 3.63) is 34.3 Å². The number of carbonyl (C=O) groups excluding carboxylic acids is 1. The first-order chi connectivity index (χ1) is 6.16. The van der Waals surface area contributed by atoms with Gasteiger partial charge < -0.3 is 0 Å². The van der Waals surface area contributed by atoms with Crippen LogP contribution in [0.15, 0.2) is 28.7 Å². The van der Waals surface area contributed by atoms with Gasteiger partial charge in [0.25, 0.3) is 0 Å². The predicted molar refractivity (Wildman–Crippen MR) is 57.9 cm³/mol. The highest BCUT2D eigenvalue weighted by atomic mass is 79.9. The molecule has 0 spiro atoms. The summed E-state index contributed by atoms with van der Waals surface area (Å²) in [5.74, 6) is 0.285. The van der Waals surface area contributed by atoms with Gasteiger partial charge in [-0.15, -0.1) is 0 Å². The van der Waals surface area contributed by atoms with Crippen LogP contribution in [0.4, 0.5) is 0 Å². The van der Waals surface area contributed by atoms with Crippen LogP contribution in [0.5, 0.6) is 0 Å². The Kier molecular flexibility index (Phi) is 3.67. The van der Waals surface area contributed by atoms with Crippen LogP contribution in [0.1, 0.15) is 31.7 Å². The van der Waals surface area contributed by atoms with Gasteiger partial charge in [0.2, 0.25) is 0 Å². The average molecular weight is 241 g/mol. The van der Waals surface area contributed by atoms with Crippen molar-refractivity contribution >= 4 is 21.7 Å². The zero-order valence-corrected chi connectivity index (χ0v) is 9.47. The van der Waals surface area contributed by atoms with E-state index in [9.17, 15) is 4.79 Å². The molecule has 0 aliphatic carbocycles. The molecule has 70 valence electrons. The number of hydrogen-bond acceptors (Lipinski definition) is 1. The molecular formula is C11H13BrO. The number of hydrogen-bond donors (Lipinski definition) is 0. The first-order valence-electron chi connectivity index (χ1n) is 4.44. The molecule has 2 heteroatoms. The van der Waals surface area contributed by atoms with Gasteiger partial charge in [-0.05, 0) is 11.6 Å². The van der Waals surface area contributed by atoms with Crippen molar-refractivity contribution in [2.24, 2.45) is 0 Å². The number of rotatable bonds is 3. The number of halogens is 1. The molecule has 0 aromatic heterocycles. The Morgan fingerprint density at radius 1 is 1.46 bits per heavy atom. The van der Waals surface area contributed by atoms with Gasteiger partial charge in [0.15, 0.2) is 0 Å². The molecule has 0 fully saturated rings. The van der Waals surface area contributed by atoms with Crippen molar-refractivity contribution in [3.8, 4) is 0 Å². The molecule has 0 aliphatic heterocycles. The fourth-order valence-corrected chi connectivity index (χ4v) is 1.93. The van der Waals surface area contributed by atoms with Crippen LogP contribution in [-0.4, -0.2) is 5.78 Å². The van der Waals surface area contributed by atoms with E-state index in [4.69, 9.17) is 0 Å². The third-order valence-corrected chi connectivity index (χ3v) is 2.93. The van der Waals surface area contributed by atoms with E-state index in [0.717, 1.165) is 10.0 Å². The predicted octanol–water partition coefficient (Wildman–Crippen LogP) is 3.53. The Morgan fingerprint density at radius 3 is 2.62 bits per heavy atom. The Balaban J connectivity index is 2.95. The fourth-order valence-electron chi connectivity index (χ4n) is 1.31. The summed E-state index contributed by atoms with van der Waals surface area (Å²) < 4.78 is 1.02. The zero-order valence-electron chi connectivity index (χ0n) is 7.88. The lowest BCUT2D eigenvalue weighted by Crippen LogP contribution is -2.07. The van der Waals surface area contributed by atoms with Gasteiger partial charge in [0.1, 0.15) is 5.78 Å². The molecule has 0 radical (unpaired) electrons. The zero-order chi connectivity index (χ0) is 9.84. The average Bonchev–Trinajstić information content (AvgIpc) is 2.16. The first-order valence-corrected chi connectivity index (χ1v) is 5.23. The van der Waals surface area contributed by atoms with Crippen molar-refractivity contribution in [2.45, 2.75) is 26.2 Å². The molecule has 1 nitrogen and oxygen atoms in total. The van der Waals surface area contributed by atoms with Crippen LogP contribution in [0.2, 0.25) is 0 Å². The third-order valence-electron chi connectivity index (χ3n) is 2.20. The molecule has 0 aliphatic rings. The van der Waals surface area contributed by atoms with E-state index in [1.807, 2.05) is 38.1 Å².